The Morgan fingerprint density at radius 3 is 2.36 bits per heavy atom. The predicted octanol–water partition coefficient (Wildman–Crippen LogP) is 5.77. The molecule has 0 N–H and O–H groups in total. The molecule has 3 aromatic rings. The molecule has 0 radical (unpaired) electrons. The number of nitrogens with zero attached hydrogens (tertiary/aromatic N) is 2. The fraction of sp³-hybridized carbons (Fsp3) is 0.238. The molecule has 0 aliphatic heterocycles. The van der Waals surface area contributed by atoms with Gasteiger partial charge in [-0.25, -0.2) is 0 Å². The van der Waals surface area contributed by atoms with Crippen molar-refractivity contribution in [1.29, 1.82) is 0 Å². The van der Waals surface area contributed by atoms with E-state index in [2.05, 4.69) is 36.8 Å². The first-order valence-corrected chi connectivity index (χ1v) is 8.53. The Hall–Kier alpha value is -2.39. The van der Waals surface area contributed by atoms with E-state index in [1.807, 2.05) is 42.7 Å². The van der Waals surface area contributed by atoms with Crippen molar-refractivity contribution in [2.24, 2.45) is 0 Å². The third-order valence-corrected chi connectivity index (χ3v) is 4.43. The highest BCUT2D eigenvalue weighted by molar-refractivity contribution is 6.33. The number of rotatable bonds is 3. The summed E-state index contributed by atoms with van der Waals surface area (Å²) in [5.41, 5.74) is 4.72. The topological polar surface area (TPSA) is 35.0 Å². The third-order valence-electron chi connectivity index (χ3n) is 4.10. The molecule has 2 aromatic heterocycles. The van der Waals surface area contributed by atoms with Gasteiger partial charge in [0.2, 0.25) is 0 Å². The van der Waals surface area contributed by atoms with E-state index in [9.17, 15) is 0 Å². The first kappa shape index (κ1) is 17.4. The van der Waals surface area contributed by atoms with E-state index < -0.39 is 0 Å². The number of ether oxygens (including phenoxy) is 1. The Balaban J connectivity index is 2.19. The van der Waals surface area contributed by atoms with Crippen molar-refractivity contribution < 1.29 is 4.74 Å². The monoisotopic (exact) mass is 352 g/mol. The van der Waals surface area contributed by atoms with Crippen LogP contribution < -0.4 is 4.74 Å². The van der Waals surface area contributed by atoms with Crippen molar-refractivity contribution >= 4 is 11.6 Å². The van der Waals surface area contributed by atoms with Crippen LogP contribution in [0.2, 0.25) is 5.02 Å². The van der Waals surface area contributed by atoms with Crippen molar-refractivity contribution in [2.75, 3.05) is 7.11 Å². The van der Waals surface area contributed by atoms with Gasteiger partial charge in [0.25, 0.3) is 0 Å². The van der Waals surface area contributed by atoms with E-state index in [0.717, 1.165) is 33.7 Å². The maximum Gasteiger partial charge on any atom is 0.137 e. The summed E-state index contributed by atoms with van der Waals surface area (Å²) in [6, 6.07) is 11.8. The highest BCUT2D eigenvalue weighted by Gasteiger charge is 2.19. The summed E-state index contributed by atoms with van der Waals surface area (Å²) in [6.07, 6.45) is 5.44. The van der Waals surface area contributed by atoms with Gasteiger partial charge in [-0.05, 0) is 23.8 Å². The van der Waals surface area contributed by atoms with Gasteiger partial charge in [0.15, 0.2) is 0 Å². The Labute approximate surface area is 153 Å². The smallest absolute Gasteiger partial charge is 0.137 e. The van der Waals surface area contributed by atoms with Gasteiger partial charge in [-0.2, -0.15) is 0 Å². The lowest BCUT2D eigenvalue weighted by atomic mass is 9.90. The fourth-order valence-corrected chi connectivity index (χ4v) is 2.99. The second kappa shape index (κ2) is 6.85. The summed E-state index contributed by atoms with van der Waals surface area (Å²) < 4.78 is 5.75. The van der Waals surface area contributed by atoms with Crippen molar-refractivity contribution in [3.63, 3.8) is 0 Å². The Morgan fingerprint density at radius 2 is 1.68 bits per heavy atom. The van der Waals surface area contributed by atoms with Crippen LogP contribution >= 0.6 is 11.6 Å². The van der Waals surface area contributed by atoms with Crippen LogP contribution in [0.25, 0.3) is 22.3 Å². The van der Waals surface area contributed by atoms with Crippen molar-refractivity contribution in [2.45, 2.75) is 26.2 Å². The number of pyridine rings is 2. The maximum absolute atomic E-state index is 6.38. The van der Waals surface area contributed by atoms with Gasteiger partial charge < -0.3 is 4.74 Å². The third kappa shape index (κ3) is 3.52. The molecule has 1 aromatic carbocycles. The molecule has 0 saturated carbocycles. The number of benzene rings is 1. The molecular weight excluding hydrogens is 332 g/mol. The maximum atomic E-state index is 6.38. The first-order valence-electron chi connectivity index (χ1n) is 8.15. The van der Waals surface area contributed by atoms with Crippen LogP contribution in [0.4, 0.5) is 0 Å². The van der Waals surface area contributed by atoms with E-state index in [4.69, 9.17) is 16.3 Å². The van der Waals surface area contributed by atoms with Crippen molar-refractivity contribution in [1.82, 2.24) is 9.97 Å². The molecule has 3 rings (SSSR count). The lowest BCUT2D eigenvalue weighted by Crippen LogP contribution is -2.13. The van der Waals surface area contributed by atoms with Crippen LogP contribution in [0.1, 0.15) is 26.5 Å². The minimum absolute atomic E-state index is 0.0307. The molecule has 128 valence electrons. The zero-order chi connectivity index (χ0) is 18.0. The molecule has 25 heavy (non-hydrogen) atoms. The molecule has 0 fully saturated rings. The summed E-state index contributed by atoms with van der Waals surface area (Å²) in [5.74, 6) is 0.758. The quantitative estimate of drug-likeness (QED) is 0.600. The van der Waals surface area contributed by atoms with E-state index >= 15 is 0 Å². The highest BCUT2D eigenvalue weighted by Crippen LogP contribution is 2.40. The molecular formula is C21H21ClN2O. The van der Waals surface area contributed by atoms with E-state index in [1.165, 1.54) is 0 Å². The average Bonchev–Trinajstić information content (AvgIpc) is 2.61. The summed E-state index contributed by atoms with van der Waals surface area (Å²) >= 11 is 6.38. The van der Waals surface area contributed by atoms with Crippen molar-refractivity contribution in [3.05, 3.63) is 65.7 Å². The van der Waals surface area contributed by atoms with Crippen LogP contribution in [0.3, 0.4) is 0 Å². The number of hydrogen-bond donors (Lipinski definition) is 0. The van der Waals surface area contributed by atoms with Crippen molar-refractivity contribution in [3.8, 4) is 28.0 Å². The highest BCUT2D eigenvalue weighted by atomic mass is 35.5. The van der Waals surface area contributed by atoms with Gasteiger partial charge in [-0.1, -0.05) is 50.6 Å². The fourth-order valence-electron chi connectivity index (χ4n) is 2.75. The minimum Gasteiger partial charge on any atom is -0.495 e. The molecule has 0 aliphatic carbocycles. The second-order valence-corrected chi connectivity index (χ2v) is 7.33. The number of aromatic nitrogens is 2. The van der Waals surface area contributed by atoms with Gasteiger partial charge in [-0.15, -0.1) is 0 Å². The SMILES string of the molecule is COc1c(-c2ccnc(C(C)(C)C)c2)cncc1-c1ccccc1Cl. The summed E-state index contributed by atoms with van der Waals surface area (Å²) in [5, 5.41) is 0.671. The molecule has 0 aliphatic rings. The summed E-state index contributed by atoms with van der Waals surface area (Å²) in [6.45, 7) is 6.44. The second-order valence-electron chi connectivity index (χ2n) is 6.93. The zero-order valence-corrected chi connectivity index (χ0v) is 15.6. The van der Waals surface area contributed by atoms with Crippen LogP contribution in [0, 0.1) is 0 Å². The molecule has 3 nitrogen and oxygen atoms in total. The average molecular weight is 353 g/mol. The lowest BCUT2D eigenvalue weighted by molar-refractivity contribution is 0.417. The lowest BCUT2D eigenvalue weighted by Gasteiger charge is -2.19. The summed E-state index contributed by atoms with van der Waals surface area (Å²) in [4.78, 5) is 8.92. The molecule has 0 amide bonds. The molecule has 0 atom stereocenters. The Morgan fingerprint density at radius 1 is 0.960 bits per heavy atom. The molecule has 0 spiro atoms. The number of methoxy groups -OCH3 is 1. The molecule has 0 saturated heterocycles. The van der Waals surface area contributed by atoms with E-state index in [1.54, 1.807) is 13.3 Å². The Kier molecular flexibility index (Phi) is 4.78. The molecule has 2 heterocycles. The number of hydrogen-bond acceptors (Lipinski definition) is 3. The van der Waals surface area contributed by atoms with E-state index in [-0.39, 0.29) is 5.41 Å². The van der Waals surface area contributed by atoms with Gasteiger partial charge in [0.1, 0.15) is 5.75 Å². The van der Waals surface area contributed by atoms with Crippen LogP contribution in [0.15, 0.2) is 55.0 Å². The van der Waals surface area contributed by atoms with Gasteiger partial charge in [-0.3, -0.25) is 9.97 Å². The molecule has 0 bridgehead atoms. The normalized spacial score (nSPS) is 11.4. The number of halogens is 1. The van der Waals surface area contributed by atoms with Gasteiger partial charge in [0.05, 0.1) is 7.11 Å². The molecule has 4 heteroatoms. The van der Waals surface area contributed by atoms with Crippen LogP contribution in [0.5, 0.6) is 5.75 Å². The van der Waals surface area contributed by atoms with Crippen LogP contribution in [-0.4, -0.2) is 17.1 Å². The summed E-state index contributed by atoms with van der Waals surface area (Å²) in [7, 11) is 1.67. The largest absolute Gasteiger partial charge is 0.495 e. The minimum atomic E-state index is -0.0307. The Bertz CT molecular complexity index is 900. The zero-order valence-electron chi connectivity index (χ0n) is 14.9. The molecule has 0 unspecified atom stereocenters. The standard InChI is InChI=1S/C21H21ClN2O/c1-21(2,3)19-11-14(9-10-24-19)16-12-23-13-17(20(16)25-4)15-7-5-6-8-18(15)22/h5-13H,1-4H3. The predicted molar refractivity (Wildman–Crippen MR) is 103 cm³/mol. The first-order chi connectivity index (χ1) is 11.9. The van der Waals surface area contributed by atoms with E-state index in [0.29, 0.717) is 5.02 Å². The van der Waals surface area contributed by atoms with Gasteiger partial charge >= 0.3 is 0 Å². The van der Waals surface area contributed by atoms with Crippen LogP contribution in [-0.2, 0) is 5.41 Å². The van der Waals surface area contributed by atoms with Gasteiger partial charge in [0, 0.05) is 51.4 Å².